The topological polar surface area (TPSA) is 134 Å². The van der Waals surface area contributed by atoms with Gasteiger partial charge in [-0.2, -0.15) is 0 Å². The van der Waals surface area contributed by atoms with Crippen LogP contribution in [0.2, 0.25) is 0 Å². The summed E-state index contributed by atoms with van der Waals surface area (Å²) in [5, 5.41) is 0. The number of rotatable bonds is 39. The summed E-state index contributed by atoms with van der Waals surface area (Å²) >= 11 is 0. The monoisotopic (exact) mass is 744 g/mol. The van der Waals surface area contributed by atoms with Crippen LogP contribution in [-0.4, -0.2) is 49.3 Å². The summed E-state index contributed by atoms with van der Waals surface area (Å²) in [6, 6.07) is 0. The maximum atomic E-state index is 12.5. The highest BCUT2D eigenvalue weighted by atomic mass is 31.2. The molecule has 1 unspecified atom stereocenters. The summed E-state index contributed by atoms with van der Waals surface area (Å²) in [7, 11) is -4.38. The second kappa shape index (κ2) is 38.2. The van der Waals surface area contributed by atoms with Gasteiger partial charge in [-0.25, -0.2) is 4.57 Å². The van der Waals surface area contributed by atoms with Crippen LogP contribution in [0.5, 0.6) is 0 Å². The molecule has 0 aromatic rings. The molecule has 0 aromatic carbocycles. The van der Waals surface area contributed by atoms with Crippen LogP contribution in [0.3, 0.4) is 0 Å². The average molecular weight is 744 g/mol. The van der Waals surface area contributed by atoms with Gasteiger partial charge in [0.2, 0.25) is 0 Å². The van der Waals surface area contributed by atoms with Crippen LogP contribution in [0.25, 0.3) is 0 Å². The molecule has 2 atom stereocenters. The number of unbranched alkanes of at least 4 members (excludes halogenated alkanes) is 22. The Morgan fingerprint density at radius 2 is 1.00 bits per heavy atom. The minimum atomic E-state index is -4.38. The Bertz CT molecular complexity index is 897. The zero-order valence-corrected chi connectivity index (χ0v) is 33.7. The lowest BCUT2D eigenvalue weighted by molar-refractivity contribution is -0.161. The minimum absolute atomic E-state index is 0.0493. The molecule has 3 N–H and O–H groups in total. The van der Waals surface area contributed by atoms with Crippen molar-refractivity contribution in [2.45, 2.75) is 200 Å². The first-order valence-corrected chi connectivity index (χ1v) is 22.3. The zero-order valence-electron chi connectivity index (χ0n) is 32.8. The van der Waals surface area contributed by atoms with E-state index in [2.05, 4.69) is 32.1 Å². The molecule has 51 heavy (non-hydrogen) atoms. The van der Waals surface area contributed by atoms with Crippen LogP contribution < -0.4 is 5.73 Å². The molecule has 10 heteroatoms. The van der Waals surface area contributed by atoms with Crippen molar-refractivity contribution in [3.05, 3.63) is 24.3 Å². The quantitative estimate of drug-likeness (QED) is 0.0273. The standard InChI is InChI=1S/C41H78NO8P/c1-3-5-7-9-11-13-15-17-19-21-23-25-27-29-31-33-40(43)47-37-39(38-49-51(45,46)48-36-35-42)50-41(44)34-32-30-28-26-24-22-20-18-16-14-12-10-8-6-4-2/h18,20,27,29,39H,3-17,19,21-26,28,30-38,42H2,1-2H3,(H,45,46)/b20-18+,29-27+/t39-/m1/s1. The predicted molar refractivity (Wildman–Crippen MR) is 211 cm³/mol. The second-order valence-corrected chi connectivity index (χ2v) is 15.3. The van der Waals surface area contributed by atoms with Crippen LogP contribution in [0.1, 0.15) is 194 Å². The molecule has 0 saturated carbocycles. The van der Waals surface area contributed by atoms with Crippen molar-refractivity contribution in [2.75, 3.05) is 26.4 Å². The fraction of sp³-hybridized carbons (Fsp3) is 0.854. The van der Waals surface area contributed by atoms with E-state index in [9.17, 15) is 19.0 Å². The van der Waals surface area contributed by atoms with Crippen molar-refractivity contribution in [1.82, 2.24) is 0 Å². The van der Waals surface area contributed by atoms with E-state index in [4.69, 9.17) is 24.3 Å². The van der Waals surface area contributed by atoms with Crippen LogP contribution in [0, 0.1) is 0 Å². The molecule has 0 aliphatic carbocycles. The van der Waals surface area contributed by atoms with Crippen LogP contribution in [-0.2, 0) is 32.7 Å². The van der Waals surface area contributed by atoms with Gasteiger partial charge in [0.05, 0.1) is 13.2 Å². The van der Waals surface area contributed by atoms with Crippen LogP contribution >= 0.6 is 7.82 Å². The first kappa shape index (κ1) is 49.5. The second-order valence-electron chi connectivity index (χ2n) is 13.8. The lowest BCUT2D eigenvalue weighted by Gasteiger charge is -2.19. The third-order valence-electron chi connectivity index (χ3n) is 8.82. The van der Waals surface area contributed by atoms with E-state index in [-0.39, 0.29) is 32.6 Å². The molecule has 0 bridgehead atoms. The number of hydrogen-bond donors (Lipinski definition) is 2. The van der Waals surface area contributed by atoms with Gasteiger partial charge in [-0.3, -0.25) is 18.6 Å². The van der Waals surface area contributed by atoms with E-state index in [1.54, 1.807) is 0 Å². The van der Waals surface area contributed by atoms with Crippen molar-refractivity contribution in [3.63, 3.8) is 0 Å². The summed E-state index contributed by atoms with van der Waals surface area (Å²) in [6.45, 7) is 3.68. The highest BCUT2D eigenvalue weighted by molar-refractivity contribution is 7.47. The van der Waals surface area contributed by atoms with Crippen molar-refractivity contribution >= 4 is 19.8 Å². The van der Waals surface area contributed by atoms with E-state index in [0.29, 0.717) is 12.8 Å². The minimum Gasteiger partial charge on any atom is -0.462 e. The molecule has 300 valence electrons. The lowest BCUT2D eigenvalue weighted by Crippen LogP contribution is -2.29. The average Bonchev–Trinajstić information content (AvgIpc) is 3.11. The summed E-state index contributed by atoms with van der Waals surface area (Å²) in [4.78, 5) is 34.8. The molecule has 0 rings (SSSR count). The van der Waals surface area contributed by atoms with Crippen molar-refractivity contribution < 1.29 is 37.6 Å². The van der Waals surface area contributed by atoms with Gasteiger partial charge in [-0.1, -0.05) is 154 Å². The third-order valence-corrected chi connectivity index (χ3v) is 9.81. The number of allylic oxidation sites excluding steroid dienone is 4. The Kier molecular flexibility index (Phi) is 37.1. The van der Waals surface area contributed by atoms with Gasteiger partial charge in [0.25, 0.3) is 0 Å². The highest BCUT2D eigenvalue weighted by Crippen LogP contribution is 2.43. The summed E-state index contributed by atoms with van der Waals surface area (Å²) < 4.78 is 32.7. The fourth-order valence-corrected chi connectivity index (χ4v) is 6.47. The molecular weight excluding hydrogens is 665 g/mol. The first-order valence-electron chi connectivity index (χ1n) is 20.8. The highest BCUT2D eigenvalue weighted by Gasteiger charge is 2.25. The van der Waals surface area contributed by atoms with Gasteiger partial charge in [-0.15, -0.1) is 0 Å². The van der Waals surface area contributed by atoms with E-state index in [1.165, 1.54) is 109 Å². The van der Waals surface area contributed by atoms with Crippen molar-refractivity contribution in [1.29, 1.82) is 0 Å². The molecule has 0 spiro atoms. The molecule has 0 amide bonds. The number of carbonyl (C=O) groups is 2. The van der Waals surface area contributed by atoms with E-state index >= 15 is 0 Å². The number of phosphoric ester groups is 1. The smallest absolute Gasteiger partial charge is 0.462 e. The van der Waals surface area contributed by atoms with Gasteiger partial charge in [0, 0.05) is 19.4 Å². The first-order chi connectivity index (χ1) is 24.8. The summed E-state index contributed by atoms with van der Waals surface area (Å²) in [5.74, 6) is -0.891. The normalized spacial score (nSPS) is 13.6. The lowest BCUT2D eigenvalue weighted by atomic mass is 10.1. The molecule has 0 aromatic heterocycles. The van der Waals surface area contributed by atoms with Gasteiger partial charge >= 0.3 is 19.8 Å². The molecule has 0 fully saturated rings. The molecular formula is C41H78NO8P. The molecule has 0 saturated heterocycles. The van der Waals surface area contributed by atoms with Crippen LogP contribution in [0.4, 0.5) is 0 Å². The van der Waals surface area contributed by atoms with Gasteiger partial charge < -0.3 is 20.1 Å². The molecule has 0 aliphatic heterocycles. The Balaban J connectivity index is 4.22. The Morgan fingerprint density at radius 3 is 1.47 bits per heavy atom. The number of hydrogen-bond acceptors (Lipinski definition) is 8. The van der Waals surface area contributed by atoms with Gasteiger partial charge in [0.15, 0.2) is 6.10 Å². The number of esters is 2. The van der Waals surface area contributed by atoms with E-state index < -0.39 is 32.5 Å². The molecule has 0 heterocycles. The fourth-order valence-electron chi connectivity index (χ4n) is 5.71. The number of ether oxygens (including phenoxy) is 2. The number of phosphoric acid groups is 1. The van der Waals surface area contributed by atoms with Gasteiger partial charge in [-0.05, 0) is 51.4 Å². The Morgan fingerprint density at radius 1 is 0.569 bits per heavy atom. The number of carbonyl (C=O) groups excluding carboxylic acids is 2. The summed E-state index contributed by atoms with van der Waals surface area (Å²) in [5.41, 5.74) is 5.34. The van der Waals surface area contributed by atoms with Gasteiger partial charge in [0.1, 0.15) is 6.61 Å². The third kappa shape index (κ3) is 38.0. The maximum absolute atomic E-state index is 12.5. The predicted octanol–water partition coefficient (Wildman–Crippen LogP) is 11.6. The Hall–Kier alpha value is -1.51. The molecule has 0 aliphatic rings. The zero-order chi connectivity index (χ0) is 37.5. The molecule has 0 radical (unpaired) electrons. The Labute approximate surface area is 312 Å². The molecule has 9 nitrogen and oxygen atoms in total. The number of nitrogens with two attached hydrogens (primary N) is 1. The van der Waals surface area contributed by atoms with Crippen molar-refractivity contribution in [3.8, 4) is 0 Å². The summed E-state index contributed by atoms with van der Waals surface area (Å²) in [6.07, 6.45) is 39.3. The van der Waals surface area contributed by atoms with E-state index in [1.807, 2.05) is 6.08 Å². The van der Waals surface area contributed by atoms with Crippen LogP contribution in [0.15, 0.2) is 24.3 Å². The maximum Gasteiger partial charge on any atom is 0.472 e. The van der Waals surface area contributed by atoms with E-state index in [0.717, 1.165) is 44.9 Å². The largest absolute Gasteiger partial charge is 0.472 e. The van der Waals surface area contributed by atoms with Crippen molar-refractivity contribution in [2.24, 2.45) is 5.73 Å². The SMILES string of the molecule is CCCCCCCC/C=C/CCCCCCCC(=O)O[C@H](COC(=O)CC/C=C/CCCCCCCCCCCCC)COP(=O)(O)OCCN.